The molecule has 3 heteroatoms. The van der Waals surface area contributed by atoms with Crippen LogP contribution in [0.3, 0.4) is 0 Å². The molecule has 0 aromatic heterocycles. The predicted molar refractivity (Wildman–Crippen MR) is 95.0 cm³/mol. The van der Waals surface area contributed by atoms with Crippen LogP contribution >= 0.6 is 0 Å². The first kappa shape index (κ1) is 13.9. The van der Waals surface area contributed by atoms with E-state index in [1.807, 2.05) is 0 Å². The van der Waals surface area contributed by atoms with Gasteiger partial charge in [-0.15, -0.1) is 0 Å². The molecule has 0 atom stereocenters. The lowest BCUT2D eigenvalue weighted by Gasteiger charge is -2.06. The Morgan fingerprint density at radius 3 is 1.48 bits per heavy atom. The first-order valence-corrected chi connectivity index (χ1v) is 9.91. The fourth-order valence-electron chi connectivity index (χ4n) is 2.30. The largest absolute Gasteiger partial charge is 0.361 e. The van der Waals surface area contributed by atoms with Crippen LogP contribution in [0.15, 0.2) is 95.3 Å². The average Bonchev–Trinajstić information content (AvgIpc) is 2.58. The van der Waals surface area contributed by atoms with E-state index in [0.717, 1.165) is 0 Å². The Hall–Kier alpha value is -2.11. The van der Waals surface area contributed by atoms with Gasteiger partial charge in [-0.2, -0.15) is 0 Å². The summed E-state index contributed by atoms with van der Waals surface area (Å²) >= 11 is 0. The van der Waals surface area contributed by atoms with Crippen molar-refractivity contribution in [3.05, 3.63) is 91.0 Å². The highest BCUT2D eigenvalue weighted by atomic mass is 28.3. The van der Waals surface area contributed by atoms with E-state index in [4.69, 9.17) is 4.30 Å². The molecule has 0 spiro atoms. The molecule has 3 aromatic carbocycles. The zero-order valence-corrected chi connectivity index (χ0v) is 14.2. The molecule has 3 rings (SSSR count). The molecule has 0 aliphatic heterocycles. The van der Waals surface area contributed by atoms with Crippen LogP contribution in [-0.4, -0.2) is 18.3 Å². The van der Waals surface area contributed by atoms with Gasteiger partial charge in [0.2, 0.25) is 0 Å². The van der Waals surface area contributed by atoms with Gasteiger partial charge < -0.3 is 4.30 Å². The normalized spacial score (nSPS) is 10.7. The summed E-state index contributed by atoms with van der Waals surface area (Å²) in [6, 6.07) is 32.1. The number of nitrogens with zero attached hydrogens (tertiary/aromatic N) is 1. The van der Waals surface area contributed by atoms with Crippen molar-refractivity contribution in [1.29, 1.82) is 0 Å². The van der Waals surface area contributed by atoms with Crippen LogP contribution in [0.25, 0.3) is 0 Å². The Morgan fingerprint density at radius 1 is 0.571 bits per heavy atom. The van der Waals surface area contributed by atoms with Gasteiger partial charge in [-0.3, -0.25) is 0 Å². The fraction of sp³-hybridized carbons (Fsp3) is 0. The molecule has 0 saturated heterocycles. The maximum absolute atomic E-state index is 5.18. The third-order valence-corrected chi connectivity index (χ3v) is 7.85. The van der Waals surface area contributed by atoms with E-state index < -0.39 is 18.3 Å². The van der Waals surface area contributed by atoms with Gasteiger partial charge in [-0.05, 0) is 15.6 Å². The van der Waals surface area contributed by atoms with Gasteiger partial charge in [-0.1, -0.05) is 91.0 Å². The predicted octanol–water partition coefficient (Wildman–Crippen LogP) is 1.47. The maximum atomic E-state index is 5.18. The summed E-state index contributed by atoms with van der Waals surface area (Å²) in [6.45, 7) is 0. The van der Waals surface area contributed by atoms with Crippen molar-refractivity contribution in [3.63, 3.8) is 0 Å². The van der Waals surface area contributed by atoms with E-state index in [1.165, 1.54) is 15.6 Å². The lowest BCUT2D eigenvalue weighted by molar-refractivity contribution is 1.71. The minimum absolute atomic E-state index is 0.576. The van der Waals surface area contributed by atoms with Gasteiger partial charge in [0.1, 0.15) is 0 Å². The van der Waals surface area contributed by atoms with Crippen molar-refractivity contribution in [2.75, 3.05) is 0 Å². The Bertz CT molecular complexity index is 668. The van der Waals surface area contributed by atoms with Crippen LogP contribution < -0.4 is 15.6 Å². The van der Waals surface area contributed by atoms with Gasteiger partial charge in [0.05, 0.1) is 0 Å². The molecule has 0 fully saturated rings. The third kappa shape index (κ3) is 3.71. The van der Waals surface area contributed by atoms with Crippen LogP contribution in [0.1, 0.15) is 0 Å². The molecule has 0 aliphatic carbocycles. The van der Waals surface area contributed by atoms with Gasteiger partial charge in [0, 0.05) is 0 Å². The molecular weight excluding hydrogens is 286 g/mol. The molecule has 0 aliphatic rings. The topological polar surface area (TPSA) is 12.4 Å². The van der Waals surface area contributed by atoms with E-state index in [9.17, 15) is 0 Å². The summed E-state index contributed by atoms with van der Waals surface area (Å²) in [5.74, 6) is 0. The zero-order chi connectivity index (χ0) is 14.3. The van der Waals surface area contributed by atoms with Crippen molar-refractivity contribution in [3.8, 4) is 0 Å². The summed E-state index contributed by atoms with van der Waals surface area (Å²) in [4.78, 5) is 0. The third-order valence-electron chi connectivity index (χ3n) is 3.36. The number of hydrogen-bond acceptors (Lipinski definition) is 1. The summed E-state index contributed by atoms with van der Waals surface area (Å²) in [7, 11) is -1.59. The Kier molecular flexibility index (Phi) is 4.66. The second kappa shape index (κ2) is 7.06. The SMILES string of the molecule is c1ccc([SiH2]N=[Si](c2ccccc2)c2ccccc2)cc1. The van der Waals surface area contributed by atoms with E-state index in [1.54, 1.807) is 0 Å². The second-order valence-electron chi connectivity index (χ2n) is 4.88. The molecule has 102 valence electrons. The monoisotopic (exact) mass is 303 g/mol. The molecule has 0 amide bonds. The molecule has 21 heavy (non-hydrogen) atoms. The molecule has 0 heterocycles. The van der Waals surface area contributed by atoms with Crippen LogP contribution in [0.4, 0.5) is 0 Å². The Balaban J connectivity index is 1.97. The first-order chi connectivity index (χ1) is 10.4. The molecule has 0 unspecified atom stereocenters. The average molecular weight is 304 g/mol. The van der Waals surface area contributed by atoms with Gasteiger partial charge in [-0.25, -0.2) is 0 Å². The van der Waals surface area contributed by atoms with E-state index >= 15 is 0 Å². The second-order valence-corrected chi connectivity index (χ2v) is 9.13. The highest BCUT2D eigenvalue weighted by Gasteiger charge is 2.07. The van der Waals surface area contributed by atoms with E-state index in [0.29, 0.717) is 0 Å². The van der Waals surface area contributed by atoms with Crippen LogP contribution in [0.5, 0.6) is 0 Å². The standard InChI is InChI=1S/C18H17NSi2/c1-4-10-16(11-5-1)20-19-21(17-12-6-2-7-13-17)18-14-8-3-9-15-18/h1-15H,20H2. The minimum atomic E-state index is -1.01. The van der Waals surface area contributed by atoms with Crippen molar-refractivity contribution < 1.29 is 0 Å². The number of rotatable bonds is 4. The molecule has 1 nitrogen and oxygen atoms in total. The van der Waals surface area contributed by atoms with E-state index in [-0.39, 0.29) is 0 Å². The lowest BCUT2D eigenvalue weighted by atomic mass is 10.4. The smallest absolute Gasteiger partial charge is 0.178 e. The lowest BCUT2D eigenvalue weighted by Crippen LogP contribution is -2.35. The Labute approximate surface area is 129 Å². The summed E-state index contributed by atoms with van der Waals surface area (Å²) in [5, 5.41) is 4.15. The molecule has 0 saturated carbocycles. The quantitative estimate of drug-likeness (QED) is 0.647. The van der Waals surface area contributed by atoms with Crippen molar-refractivity contribution >= 4 is 33.8 Å². The van der Waals surface area contributed by atoms with Crippen LogP contribution in [-0.2, 0) is 0 Å². The molecule has 0 N–H and O–H groups in total. The molecule has 3 aromatic rings. The van der Waals surface area contributed by atoms with Crippen molar-refractivity contribution in [2.24, 2.45) is 4.30 Å². The first-order valence-electron chi connectivity index (χ1n) is 7.13. The fourth-order valence-corrected chi connectivity index (χ4v) is 6.95. The van der Waals surface area contributed by atoms with Crippen LogP contribution in [0, 0.1) is 0 Å². The van der Waals surface area contributed by atoms with Gasteiger partial charge in [0.15, 0.2) is 18.3 Å². The highest BCUT2D eigenvalue weighted by molar-refractivity contribution is 6.80. The zero-order valence-electron chi connectivity index (χ0n) is 11.8. The molecular formula is C18H17NSi2. The number of hydrogen-bond donors (Lipinski definition) is 0. The van der Waals surface area contributed by atoms with Crippen molar-refractivity contribution in [1.82, 2.24) is 0 Å². The number of benzene rings is 3. The van der Waals surface area contributed by atoms with Gasteiger partial charge >= 0.3 is 0 Å². The highest BCUT2D eigenvalue weighted by Crippen LogP contribution is 1.90. The van der Waals surface area contributed by atoms with Crippen LogP contribution in [0.2, 0.25) is 0 Å². The molecule has 0 radical (unpaired) electrons. The summed E-state index contributed by atoms with van der Waals surface area (Å²) < 4.78 is 5.18. The Morgan fingerprint density at radius 2 is 1.00 bits per heavy atom. The maximum Gasteiger partial charge on any atom is 0.178 e. The minimum Gasteiger partial charge on any atom is -0.361 e. The van der Waals surface area contributed by atoms with E-state index in [2.05, 4.69) is 91.0 Å². The van der Waals surface area contributed by atoms with Crippen molar-refractivity contribution in [2.45, 2.75) is 0 Å². The molecule has 0 bridgehead atoms. The summed E-state index contributed by atoms with van der Waals surface area (Å²) in [6.07, 6.45) is 0. The van der Waals surface area contributed by atoms with Gasteiger partial charge in [0.25, 0.3) is 0 Å². The summed E-state index contributed by atoms with van der Waals surface area (Å²) in [5.41, 5.74) is 0.